The van der Waals surface area contributed by atoms with Crippen molar-refractivity contribution in [1.29, 1.82) is 5.26 Å². The number of nitrogens with one attached hydrogen (secondary N) is 1. The Labute approximate surface area is 200 Å². The summed E-state index contributed by atoms with van der Waals surface area (Å²) in [4.78, 5) is 14.2. The first-order valence-corrected chi connectivity index (χ1v) is 11.1. The highest BCUT2D eigenvalue weighted by molar-refractivity contribution is 7.99. The lowest BCUT2D eigenvalue weighted by Crippen LogP contribution is -1.99. The Bertz CT molecular complexity index is 1380. The van der Waals surface area contributed by atoms with Gasteiger partial charge in [-0.25, -0.2) is 9.97 Å². The molecule has 2 heterocycles. The lowest BCUT2D eigenvalue weighted by Gasteiger charge is -2.15. The summed E-state index contributed by atoms with van der Waals surface area (Å²) in [5.74, 6) is 1.06. The third kappa shape index (κ3) is 4.65. The second kappa shape index (κ2) is 9.53. The number of methoxy groups -OCH3 is 2. The van der Waals surface area contributed by atoms with E-state index in [1.807, 2.05) is 38.1 Å². The number of rotatable bonds is 6. The standard InChI is InChI=1S/C24H20ClN5O2S/c1-13-9-14(2)29-24(28-13)33-20-8-5-16(10-18(20)25)30-21-15(11-26)12-27-22-17(21)6-7-19(31-3)23(22)32-4/h5-10,12H,1-4H3,(H,27,30). The van der Waals surface area contributed by atoms with Crippen LogP contribution in [-0.2, 0) is 0 Å². The predicted molar refractivity (Wildman–Crippen MR) is 130 cm³/mol. The van der Waals surface area contributed by atoms with Gasteiger partial charge >= 0.3 is 0 Å². The zero-order valence-corrected chi connectivity index (χ0v) is 20.0. The maximum absolute atomic E-state index is 9.66. The third-order valence-corrected chi connectivity index (χ3v) is 6.23. The van der Waals surface area contributed by atoms with Gasteiger partial charge in [-0.15, -0.1) is 0 Å². The quantitative estimate of drug-likeness (QED) is 0.334. The number of fused-ring (bicyclic) bond motifs is 1. The normalized spacial score (nSPS) is 10.7. The van der Waals surface area contributed by atoms with Crippen LogP contribution in [0.2, 0.25) is 5.02 Å². The van der Waals surface area contributed by atoms with Gasteiger partial charge in [0.2, 0.25) is 0 Å². The molecule has 0 bridgehead atoms. The Balaban J connectivity index is 1.71. The Morgan fingerprint density at radius 1 is 1.03 bits per heavy atom. The smallest absolute Gasteiger partial charge is 0.192 e. The fraction of sp³-hybridized carbons (Fsp3) is 0.167. The molecular weight excluding hydrogens is 458 g/mol. The van der Waals surface area contributed by atoms with E-state index in [-0.39, 0.29) is 0 Å². The number of hydrogen-bond donors (Lipinski definition) is 1. The molecule has 7 nitrogen and oxygen atoms in total. The van der Waals surface area contributed by atoms with Crippen LogP contribution < -0.4 is 14.8 Å². The predicted octanol–water partition coefficient (Wildman–Crippen LogP) is 6.08. The van der Waals surface area contributed by atoms with E-state index in [0.29, 0.717) is 38.4 Å². The van der Waals surface area contributed by atoms with Crippen LogP contribution >= 0.6 is 23.4 Å². The number of halogens is 1. The largest absolute Gasteiger partial charge is 0.493 e. The summed E-state index contributed by atoms with van der Waals surface area (Å²) in [6.45, 7) is 3.87. The van der Waals surface area contributed by atoms with Crippen LogP contribution in [-0.4, -0.2) is 29.2 Å². The lowest BCUT2D eigenvalue weighted by atomic mass is 10.1. The highest BCUT2D eigenvalue weighted by Crippen LogP contribution is 2.40. The number of aryl methyl sites for hydroxylation is 2. The van der Waals surface area contributed by atoms with Gasteiger partial charge in [0.25, 0.3) is 0 Å². The van der Waals surface area contributed by atoms with E-state index in [2.05, 4.69) is 26.3 Å². The van der Waals surface area contributed by atoms with Gasteiger partial charge in [-0.2, -0.15) is 5.26 Å². The lowest BCUT2D eigenvalue weighted by molar-refractivity contribution is 0.358. The molecule has 0 atom stereocenters. The number of benzene rings is 2. The van der Waals surface area contributed by atoms with Gasteiger partial charge in [0.05, 0.1) is 30.5 Å². The van der Waals surface area contributed by atoms with Crippen molar-refractivity contribution in [2.75, 3.05) is 19.5 Å². The van der Waals surface area contributed by atoms with Gasteiger partial charge in [-0.05, 0) is 62.0 Å². The average molecular weight is 478 g/mol. The van der Waals surface area contributed by atoms with Crippen LogP contribution in [0.5, 0.6) is 11.5 Å². The van der Waals surface area contributed by atoms with Crippen LogP contribution in [0.1, 0.15) is 17.0 Å². The molecule has 166 valence electrons. The van der Waals surface area contributed by atoms with Crippen molar-refractivity contribution < 1.29 is 9.47 Å². The zero-order valence-electron chi connectivity index (χ0n) is 18.4. The van der Waals surface area contributed by atoms with Crippen molar-refractivity contribution in [2.24, 2.45) is 0 Å². The van der Waals surface area contributed by atoms with E-state index in [1.54, 1.807) is 26.4 Å². The SMILES string of the molecule is COc1ccc2c(Nc3ccc(Sc4nc(C)cc(C)n4)c(Cl)c3)c(C#N)cnc2c1OC. The van der Waals surface area contributed by atoms with Gasteiger partial charge in [0.1, 0.15) is 11.6 Å². The van der Waals surface area contributed by atoms with Crippen LogP contribution in [0.4, 0.5) is 11.4 Å². The van der Waals surface area contributed by atoms with E-state index in [1.165, 1.54) is 18.0 Å². The fourth-order valence-electron chi connectivity index (χ4n) is 3.44. The summed E-state index contributed by atoms with van der Waals surface area (Å²) < 4.78 is 10.9. The van der Waals surface area contributed by atoms with Crippen molar-refractivity contribution in [3.8, 4) is 17.6 Å². The molecule has 1 N–H and O–H groups in total. The van der Waals surface area contributed by atoms with Crippen molar-refractivity contribution >= 4 is 45.6 Å². The summed E-state index contributed by atoms with van der Waals surface area (Å²) >= 11 is 7.98. The Hall–Kier alpha value is -3.54. The summed E-state index contributed by atoms with van der Waals surface area (Å²) in [6, 6.07) is 13.3. The van der Waals surface area contributed by atoms with Crippen LogP contribution in [0, 0.1) is 25.2 Å². The second-order valence-corrected chi connectivity index (χ2v) is 8.58. The second-order valence-electron chi connectivity index (χ2n) is 7.16. The van der Waals surface area contributed by atoms with Crippen molar-refractivity contribution in [1.82, 2.24) is 15.0 Å². The molecule has 9 heteroatoms. The van der Waals surface area contributed by atoms with Crippen molar-refractivity contribution in [2.45, 2.75) is 23.9 Å². The van der Waals surface area contributed by atoms with Crippen molar-refractivity contribution in [3.05, 3.63) is 64.6 Å². The average Bonchev–Trinajstić information content (AvgIpc) is 2.79. The highest BCUT2D eigenvalue weighted by Gasteiger charge is 2.17. The molecule has 0 saturated carbocycles. The molecule has 0 aliphatic carbocycles. The summed E-state index contributed by atoms with van der Waals surface area (Å²) in [6.07, 6.45) is 1.51. The Morgan fingerprint density at radius 2 is 1.79 bits per heavy atom. The van der Waals surface area contributed by atoms with Crippen LogP contribution in [0.15, 0.2) is 52.6 Å². The third-order valence-electron chi connectivity index (χ3n) is 4.87. The first-order valence-electron chi connectivity index (χ1n) is 9.94. The number of nitrogens with zero attached hydrogens (tertiary/aromatic N) is 4. The van der Waals surface area contributed by atoms with E-state index < -0.39 is 0 Å². The van der Waals surface area contributed by atoms with Gasteiger partial charge in [0, 0.05) is 33.6 Å². The number of pyridine rings is 1. The van der Waals surface area contributed by atoms with Gasteiger partial charge in [0.15, 0.2) is 16.7 Å². The van der Waals surface area contributed by atoms with Gasteiger partial charge in [-0.3, -0.25) is 4.98 Å². The van der Waals surface area contributed by atoms with Gasteiger partial charge in [-0.1, -0.05) is 11.6 Å². The molecule has 2 aromatic heterocycles. The van der Waals surface area contributed by atoms with Crippen LogP contribution in [0.3, 0.4) is 0 Å². The molecule has 0 spiro atoms. The first-order chi connectivity index (χ1) is 15.9. The molecular formula is C24H20ClN5O2S. The Morgan fingerprint density at radius 3 is 2.42 bits per heavy atom. The molecule has 2 aromatic carbocycles. The van der Waals surface area contributed by atoms with E-state index in [4.69, 9.17) is 21.1 Å². The number of ether oxygens (including phenoxy) is 2. The first kappa shape index (κ1) is 22.6. The summed E-state index contributed by atoms with van der Waals surface area (Å²) in [5.41, 5.74) is 4.12. The highest BCUT2D eigenvalue weighted by atomic mass is 35.5. The summed E-state index contributed by atoms with van der Waals surface area (Å²) in [7, 11) is 3.12. The fourth-order valence-corrected chi connectivity index (χ4v) is 4.61. The van der Waals surface area contributed by atoms with Crippen molar-refractivity contribution in [3.63, 3.8) is 0 Å². The molecule has 0 unspecified atom stereocenters. The molecule has 0 aliphatic heterocycles. The molecule has 0 aliphatic rings. The summed E-state index contributed by atoms with van der Waals surface area (Å²) in [5, 5.41) is 14.9. The molecule has 0 radical (unpaired) electrons. The maximum Gasteiger partial charge on any atom is 0.192 e. The Kier molecular flexibility index (Phi) is 6.54. The van der Waals surface area contributed by atoms with Crippen LogP contribution in [0.25, 0.3) is 10.9 Å². The molecule has 0 fully saturated rings. The topological polar surface area (TPSA) is 93.0 Å². The number of aromatic nitrogens is 3. The van der Waals surface area contributed by atoms with E-state index >= 15 is 0 Å². The van der Waals surface area contributed by atoms with E-state index in [9.17, 15) is 5.26 Å². The molecule has 0 amide bonds. The number of nitriles is 1. The van der Waals surface area contributed by atoms with E-state index in [0.717, 1.165) is 27.4 Å². The zero-order chi connectivity index (χ0) is 23.5. The number of anilines is 2. The molecule has 4 aromatic rings. The number of hydrogen-bond acceptors (Lipinski definition) is 8. The minimum Gasteiger partial charge on any atom is -0.493 e. The minimum atomic E-state index is 0.396. The maximum atomic E-state index is 9.66. The molecule has 0 saturated heterocycles. The molecule has 33 heavy (non-hydrogen) atoms. The monoisotopic (exact) mass is 477 g/mol. The minimum absolute atomic E-state index is 0.396. The molecule has 4 rings (SSSR count). The van der Waals surface area contributed by atoms with Gasteiger partial charge < -0.3 is 14.8 Å².